The number of nitrogens with zero attached hydrogens (tertiary/aromatic N) is 1. The molecule has 1 aliphatic heterocycles. The summed E-state index contributed by atoms with van der Waals surface area (Å²) in [5.41, 5.74) is 0.951. The molecule has 1 aliphatic rings. The molecule has 126 valence electrons. The number of benzene rings is 1. The Balaban J connectivity index is 1.36. The average Bonchev–Trinajstić information content (AvgIpc) is 3.06. The van der Waals surface area contributed by atoms with Crippen LogP contribution in [0.15, 0.2) is 64.0 Å². The summed E-state index contributed by atoms with van der Waals surface area (Å²) >= 11 is 1.68. The molecule has 4 nitrogen and oxygen atoms in total. The van der Waals surface area contributed by atoms with Gasteiger partial charge in [-0.25, -0.2) is 0 Å². The van der Waals surface area contributed by atoms with Crippen LogP contribution in [0.25, 0.3) is 11.0 Å². The van der Waals surface area contributed by atoms with E-state index in [0.717, 1.165) is 60.8 Å². The highest BCUT2D eigenvalue weighted by Crippen LogP contribution is 2.18. The van der Waals surface area contributed by atoms with Gasteiger partial charge in [0.15, 0.2) is 0 Å². The third kappa shape index (κ3) is 5.28. The second-order valence-corrected chi connectivity index (χ2v) is 6.41. The van der Waals surface area contributed by atoms with Crippen molar-refractivity contribution in [1.29, 1.82) is 0 Å². The second-order valence-electron chi connectivity index (χ2n) is 5.58. The highest BCUT2D eigenvalue weighted by Gasteiger charge is 2.02. The average molecular weight is 341 g/mol. The van der Waals surface area contributed by atoms with Crippen LogP contribution in [-0.2, 0) is 6.54 Å². The topological polar surface area (TPSA) is 49.6 Å². The zero-order chi connectivity index (χ0) is 16.5. The highest BCUT2D eigenvalue weighted by atomic mass is 32.2. The van der Waals surface area contributed by atoms with E-state index < -0.39 is 0 Å². The monoisotopic (exact) mass is 341 g/mol. The van der Waals surface area contributed by atoms with Crippen molar-refractivity contribution in [2.24, 2.45) is 4.99 Å². The Morgan fingerprint density at radius 2 is 2.12 bits per heavy atom. The molecule has 0 spiro atoms. The Morgan fingerprint density at radius 3 is 3.08 bits per heavy atom. The number of para-hydroxylation sites is 1. The first-order chi connectivity index (χ1) is 11.9. The zero-order valence-corrected chi connectivity index (χ0v) is 14.5. The third-order valence-corrected chi connectivity index (χ3v) is 4.39. The van der Waals surface area contributed by atoms with E-state index in [4.69, 9.17) is 4.42 Å². The highest BCUT2D eigenvalue weighted by molar-refractivity contribution is 7.98. The fourth-order valence-electron chi connectivity index (χ4n) is 2.46. The van der Waals surface area contributed by atoms with Crippen molar-refractivity contribution in [3.8, 4) is 0 Å². The largest absolute Gasteiger partial charge is 0.460 e. The van der Waals surface area contributed by atoms with Crippen LogP contribution in [0.1, 0.15) is 18.6 Å². The smallest absolute Gasteiger partial charge is 0.134 e. The minimum Gasteiger partial charge on any atom is -0.460 e. The fourth-order valence-corrected chi connectivity index (χ4v) is 3.06. The predicted octanol–water partition coefficient (Wildman–Crippen LogP) is 4.06. The number of furan rings is 1. The van der Waals surface area contributed by atoms with Gasteiger partial charge in [-0.05, 0) is 37.0 Å². The molecule has 0 atom stereocenters. The lowest BCUT2D eigenvalue weighted by atomic mass is 10.2. The molecule has 2 aromatic rings. The van der Waals surface area contributed by atoms with Crippen molar-refractivity contribution in [1.82, 2.24) is 10.0 Å². The summed E-state index contributed by atoms with van der Waals surface area (Å²) in [6, 6.07) is 10.2. The summed E-state index contributed by atoms with van der Waals surface area (Å²) in [6.45, 7) is 2.52. The predicted molar refractivity (Wildman–Crippen MR) is 103 cm³/mol. The van der Waals surface area contributed by atoms with Crippen molar-refractivity contribution < 1.29 is 4.42 Å². The Kier molecular flexibility index (Phi) is 6.57. The minimum absolute atomic E-state index is 0.758. The van der Waals surface area contributed by atoms with Gasteiger partial charge in [-0.3, -0.25) is 4.99 Å². The summed E-state index contributed by atoms with van der Waals surface area (Å²) in [5, 5.41) is 4.58. The Labute approximate surface area is 147 Å². The first-order valence-electron chi connectivity index (χ1n) is 8.33. The molecular formula is C19H23N3OS. The number of hydrogen-bond acceptors (Lipinski definition) is 4. The van der Waals surface area contributed by atoms with Gasteiger partial charge >= 0.3 is 0 Å². The zero-order valence-electron chi connectivity index (χ0n) is 13.7. The van der Waals surface area contributed by atoms with E-state index in [0.29, 0.717) is 0 Å². The quantitative estimate of drug-likeness (QED) is 0.614. The van der Waals surface area contributed by atoms with Crippen molar-refractivity contribution in [2.75, 3.05) is 18.8 Å². The van der Waals surface area contributed by atoms with E-state index in [9.17, 15) is 0 Å². The van der Waals surface area contributed by atoms with Gasteiger partial charge in [0.05, 0.1) is 6.54 Å². The van der Waals surface area contributed by atoms with Gasteiger partial charge in [0.2, 0.25) is 0 Å². The molecule has 0 aliphatic carbocycles. The number of aliphatic imine (C=N–C) groups is 1. The van der Waals surface area contributed by atoms with E-state index in [2.05, 4.69) is 51.5 Å². The summed E-state index contributed by atoms with van der Waals surface area (Å²) in [6.07, 6.45) is 10.3. The van der Waals surface area contributed by atoms with E-state index >= 15 is 0 Å². The molecule has 0 saturated carbocycles. The normalized spacial score (nSPS) is 19.4. The SMILES string of the molecule is C1=C\CSNC(=NCCCNCc2cc3ccccc3o2)C\C=C/1. The van der Waals surface area contributed by atoms with Crippen LogP contribution >= 0.6 is 11.9 Å². The molecule has 0 unspecified atom stereocenters. The van der Waals surface area contributed by atoms with Crippen molar-refractivity contribution in [2.45, 2.75) is 19.4 Å². The first kappa shape index (κ1) is 16.9. The van der Waals surface area contributed by atoms with E-state index in [-0.39, 0.29) is 0 Å². The van der Waals surface area contributed by atoms with E-state index in [1.807, 2.05) is 18.2 Å². The maximum absolute atomic E-state index is 5.79. The lowest BCUT2D eigenvalue weighted by Gasteiger charge is -2.06. The Morgan fingerprint density at radius 1 is 1.21 bits per heavy atom. The van der Waals surface area contributed by atoms with Gasteiger partial charge in [-0.15, -0.1) is 0 Å². The number of rotatable bonds is 6. The summed E-state index contributed by atoms with van der Waals surface area (Å²) < 4.78 is 9.11. The molecule has 24 heavy (non-hydrogen) atoms. The number of nitrogens with one attached hydrogen (secondary N) is 2. The fraction of sp³-hybridized carbons (Fsp3) is 0.316. The van der Waals surface area contributed by atoms with Gasteiger partial charge in [0.25, 0.3) is 0 Å². The van der Waals surface area contributed by atoms with Gasteiger partial charge in [0.1, 0.15) is 17.2 Å². The number of fused-ring (bicyclic) bond motifs is 1. The lowest BCUT2D eigenvalue weighted by Crippen LogP contribution is -2.18. The maximum atomic E-state index is 5.79. The van der Waals surface area contributed by atoms with E-state index in [1.54, 1.807) is 11.9 Å². The molecule has 1 aromatic carbocycles. The molecule has 0 bridgehead atoms. The minimum atomic E-state index is 0.758. The van der Waals surface area contributed by atoms with Crippen LogP contribution in [0, 0.1) is 0 Å². The summed E-state index contributed by atoms with van der Waals surface area (Å²) in [7, 11) is 0. The standard InChI is InChI=1S/C19H23N3OS/c1-2-6-13-24-22-19(10-3-1)21-12-7-11-20-15-17-14-16-8-4-5-9-18(16)23-17/h1-6,8-9,14,20H,7,10-13,15H2,(H,21,22)/b3-1-,6-2-. The van der Waals surface area contributed by atoms with Gasteiger partial charge in [0, 0.05) is 24.1 Å². The van der Waals surface area contributed by atoms with Gasteiger partial charge in [-0.1, -0.05) is 42.5 Å². The summed E-state index contributed by atoms with van der Waals surface area (Å²) in [5.74, 6) is 2.99. The van der Waals surface area contributed by atoms with Crippen LogP contribution < -0.4 is 10.0 Å². The molecule has 2 heterocycles. The van der Waals surface area contributed by atoms with Crippen LogP contribution in [0.3, 0.4) is 0 Å². The van der Waals surface area contributed by atoms with Crippen molar-refractivity contribution in [3.05, 3.63) is 60.4 Å². The number of hydrogen-bond donors (Lipinski definition) is 2. The van der Waals surface area contributed by atoms with Gasteiger partial charge in [-0.2, -0.15) is 0 Å². The van der Waals surface area contributed by atoms with Crippen molar-refractivity contribution >= 4 is 28.8 Å². The van der Waals surface area contributed by atoms with Crippen LogP contribution in [-0.4, -0.2) is 24.7 Å². The molecule has 0 fully saturated rings. The van der Waals surface area contributed by atoms with Crippen LogP contribution in [0.4, 0.5) is 0 Å². The molecule has 0 amide bonds. The maximum Gasteiger partial charge on any atom is 0.134 e. The summed E-state index contributed by atoms with van der Waals surface area (Å²) in [4.78, 5) is 4.65. The Bertz CT molecular complexity index is 700. The molecule has 0 radical (unpaired) electrons. The number of amidine groups is 1. The molecule has 1 aromatic heterocycles. The second kappa shape index (κ2) is 9.35. The number of allylic oxidation sites excluding steroid dienone is 2. The molecule has 3 rings (SSSR count). The van der Waals surface area contributed by atoms with Crippen LogP contribution in [0.2, 0.25) is 0 Å². The Hall–Kier alpha value is -1.98. The van der Waals surface area contributed by atoms with E-state index in [1.165, 1.54) is 0 Å². The third-order valence-electron chi connectivity index (χ3n) is 3.65. The first-order valence-corrected chi connectivity index (χ1v) is 9.31. The van der Waals surface area contributed by atoms with Crippen molar-refractivity contribution in [3.63, 3.8) is 0 Å². The molecule has 5 heteroatoms. The lowest BCUT2D eigenvalue weighted by molar-refractivity contribution is 0.511. The van der Waals surface area contributed by atoms with Gasteiger partial charge < -0.3 is 14.5 Å². The van der Waals surface area contributed by atoms with Crippen LogP contribution in [0.5, 0.6) is 0 Å². The molecule has 0 saturated heterocycles. The molecule has 2 N–H and O–H groups in total. The molecular weight excluding hydrogens is 318 g/mol.